The van der Waals surface area contributed by atoms with Crippen LogP contribution in [0.25, 0.3) is 0 Å². The Kier molecular flexibility index (Phi) is 6.44. The summed E-state index contributed by atoms with van der Waals surface area (Å²) in [5.74, 6) is 0.608. The van der Waals surface area contributed by atoms with E-state index < -0.39 is 10.0 Å². The van der Waals surface area contributed by atoms with E-state index in [1.54, 1.807) is 19.1 Å². The topological polar surface area (TPSA) is 78.4 Å². The molecular weight excluding hydrogens is 312 g/mol. The summed E-state index contributed by atoms with van der Waals surface area (Å²) in [5, 5.41) is 13.2. The standard InChI is InChI=1S/C17H28N2O3S/c1-3-23(21,22)19-16-9-7-15(8-10-16)13(2)18-12-14-5-4-6-17(20)11-14/h7-10,13-14,17-20H,3-6,11-12H2,1-2H3. The average molecular weight is 340 g/mol. The van der Waals surface area contributed by atoms with E-state index in [1.165, 1.54) is 6.42 Å². The highest BCUT2D eigenvalue weighted by Crippen LogP contribution is 2.24. The molecule has 5 nitrogen and oxygen atoms in total. The molecule has 3 N–H and O–H groups in total. The summed E-state index contributed by atoms with van der Waals surface area (Å²) in [7, 11) is -3.22. The Hall–Kier alpha value is -1.11. The second-order valence-electron chi connectivity index (χ2n) is 6.44. The zero-order valence-electron chi connectivity index (χ0n) is 14.0. The van der Waals surface area contributed by atoms with Crippen LogP contribution in [0.4, 0.5) is 5.69 Å². The van der Waals surface area contributed by atoms with Crippen molar-refractivity contribution in [2.24, 2.45) is 5.92 Å². The van der Waals surface area contributed by atoms with Crippen molar-refractivity contribution in [3.8, 4) is 0 Å². The van der Waals surface area contributed by atoms with Crippen LogP contribution < -0.4 is 10.0 Å². The fourth-order valence-electron chi connectivity index (χ4n) is 3.00. The summed E-state index contributed by atoms with van der Waals surface area (Å²) in [5.41, 5.74) is 1.72. The zero-order chi connectivity index (χ0) is 16.9. The van der Waals surface area contributed by atoms with Gasteiger partial charge >= 0.3 is 0 Å². The van der Waals surface area contributed by atoms with E-state index in [-0.39, 0.29) is 17.9 Å². The second kappa shape index (κ2) is 8.13. The van der Waals surface area contributed by atoms with Gasteiger partial charge in [0.1, 0.15) is 0 Å². The van der Waals surface area contributed by atoms with Gasteiger partial charge < -0.3 is 10.4 Å². The van der Waals surface area contributed by atoms with Gasteiger partial charge in [0.25, 0.3) is 0 Å². The van der Waals surface area contributed by atoms with Crippen molar-refractivity contribution in [2.45, 2.75) is 51.7 Å². The van der Waals surface area contributed by atoms with E-state index >= 15 is 0 Å². The van der Waals surface area contributed by atoms with Gasteiger partial charge in [0.2, 0.25) is 10.0 Å². The lowest BCUT2D eigenvalue weighted by Gasteiger charge is -2.27. The maximum Gasteiger partial charge on any atom is 0.232 e. The van der Waals surface area contributed by atoms with Crippen LogP contribution in [0.5, 0.6) is 0 Å². The largest absolute Gasteiger partial charge is 0.393 e. The fourth-order valence-corrected chi connectivity index (χ4v) is 3.64. The molecule has 23 heavy (non-hydrogen) atoms. The predicted molar refractivity (Wildman–Crippen MR) is 93.9 cm³/mol. The molecule has 0 spiro atoms. The zero-order valence-corrected chi connectivity index (χ0v) is 14.8. The first-order valence-electron chi connectivity index (χ1n) is 8.41. The molecule has 0 aromatic heterocycles. The molecule has 0 radical (unpaired) electrons. The minimum absolute atomic E-state index is 0.0694. The quantitative estimate of drug-likeness (QED) is 0.713. The summed E-state index contributed by atoms with van der Waals surface area (Å²) in [6, 6.07) is 7.68. The molecule has 130 valence electrons. The smallest absolute Gasteiger partial charge is 0.232 e. The van der Waals surface area contributed by atoms with Crippen LogP contribution in [0.2, 0.25) is 0 Å². The Balaban J connectivity index is 1.86. The second-order valence-corrected chi connectivity index (χ2v) is 8.45. The van der Waals surface area contributed by atoms with Gasteiger partial charge in [-0.1, -0.05) is 18.6 Å². The number of sulfonamides is 1. The third-order valence-corrected chi connectivity index (χ3v) is 5.84. The number of nitrogens with one attached hydrogen (secondary N) is 2. The first-order valence-corrected chi connectivity index (χ1v) is 10.1. The first-order chi connectivity index (χ1) is 10.9. The molecule has 3 unspecified atom stereocenters. The van der Waals surface area contributed by atoms with Crippen LogP contribution in [-0.2, 0) is 10.0 Å². The molecule has 0 amide bonds. The van der Waals surface area contributed by atoms with Gasteiger partial charge in [-0.3, -0.25) is 4.72 Å². The van der Waals surface area contributed by atoms with Crippen LogP contribution in [0.15, 0.2) is 24.3 Å². The molecule has 1 saturated carbocycles. The number of hydrogen-bond donors (Lipinski definition) is 3. The normalized spacial score (nSPS) is 23.4. The van der Waals surface area contributed by atoms with E-state index in [4.69, 9.17) is 0 Å². The number of aliphatic hydroxyl groups excluding tert-OH is 1. The molecule has 0 aliphatic heterocycles. The molecule has 3 atom stereocenters. The lowest BCUT2D eigenvalue weighted by atomic mass is 9.87. The third-order valence-electron chi connectivity index (χ3n) is 4.53. The van der Waals surface area contributed by atoms with Gasteiger partial charge in [0.15, 0.2) is 0 Å². The van der Waals surface area contributed by atoms with E-state index in [1.807, 2.05) is 12.1 Å². The number of anilines is 1. The van der Waals surface area contributed by atoms with E-state index in [9.17, 15) is 13.5 Å². The number of hydrogen-bond acceptors (Lipinski definition) is 4. The van der Waals surface area contributed by atoms with E-state index in [0.29, 0.717) is 11.6 Å². The molecule has 0 bridgehead atoms. The molecule has 1 aromatic carbocycles. The summed E-state index contributed by atoms with van der Waals surface area (Å²) in [6.45, 7) is 4.62. The Bertz CT molecular complexity index is 586. The van der Waals surface area contributed by atoms with Crippen LogP contribution >= 0.6 is 0 Å². The SMILES string of the molecule is CCS(=O)(=O)Nc1ccc(C(C)NCC2CCCC(O)C2)cc1. The van der Waals surface area contributed by atoms with Crippen molar-refractivity contribution in [3.63, 3.8) is 0 Å². The Morgan fingerprint density at radius 2 is 1.96 bits per heavy atom. The highest BCUT2D eigenvalue weighted by molar-refractivity contribution is 7.92. The number of rotatable bonds is 7. The number of aliphatic hydroxyl groups is 1. The maximum atomic E-state index is 11.5. The lowest BCUT2D eigenvalue weighted by Crippen LogP contribution is -2.30. The molecule has 1 aliphatic carbocycles. The van der Waals surface area contributed by atoms with Gasteiger partial charge in [0, 0.05) is 11.7 Å². The maximum absolute atomic E-state index is 11.5. The van der Waals surface area contributed by atoms with E-state index in [0.717, 1.165) is 31.4 Å². The molecule has 0 heterocycles. The van der Waals surface area contributed by atoms with Gasteiger partial charge in [-0.25, -0.2) is 8.42 Å². The molecular formula is C17H28N2O3S. The minimum atomic E-state index is -3.22. The van der Waals surface area contributed by atoms with Crippen molar-refractivity contribution in [2.75, 3.05) is 17.0 Å². The van der Waals surface area contributed by atoms with E-state index in [2.05, 4.69) is 17.0 Å². The highest BCUT2D eigenvalue weighted by atomic mass is 32.2. The predicted octanol–water partition coefficient (Wildman–Crippen LogP) is 2.65. The minimum Gasteiger partial charge on any atom is -0.393 e. The summed E-state index contributed by atoms with van der Waals surface area (Å²) < 4.78 is 25.6. The van der Waals surface area contributed by atoms with Crippen molar-refractivity contribution in [3.05, 3.63) is 29.8 Å². The van der Waals surface area contributed by atoms with Crippen LogP contribution in [-0.4, -0.2) is 31.9 Å². The molecule has 0 saturated heterocycles. The Labute approximate surface area is 139 Å². The Morgan fingerprint density at radius 3 is 2.57 bits per heavy atom. The fraction of sp³-hybridized carbons (Fsp3) is 0.647. The van der Waals surface area contributed by atoms with Gasteiger partial charge in [0.05, 0.1) is 11.9 Å². The molecule has 6 heteroatoms. The summed E-state index contributed by atoms with van der Waals surface area (Å²) in [6.07, 6.45) is 3.96. The molecule has 1 fully saturated rings. The van der Waals surface area contributed by atoms with Crippen molar-refractivity contribution in [1.82, 2.24) is 5.32 Å². The first kappa shape index (κ1) is 18.2. The van der Waals surface area contributed by atoms with Crippen molar-refractivity contribution >= 4 is 15.7 Å². The molecule has 1 aromatic rings. The van der Waals surface area contributed by atoms with Gasteiger partial charge in [-0.15, -0.1) is 0 Å². The lowest BCUT2D eigenvalue weighted by molar-refractivity contribution is 0.0998. The average Bonchev–Trinajstić information content (AvgIpc) is 2.53. The Morgan fingerprint density at radius 1 is 1.26 bits per heavy atom. The molecule has 1 aliphatic rings. The van der Waals surface area contributed by atoms with Crippen molar-refractivity contribution in [1.29, 1.82) is 0 Å². The summed E-state index contributed by atoms with van der Waals surface area (Å²) in [4.78, 5) is 0. The highest BCUT2D eigenvalue weighted by Gasteiger charge is 2.20. The number of benzene rings is 1. The van der Waals surface area contributed by atoms with Crippen molar-refractivity contribution < 1.29 is 13.5 Å². The summed E-state index contributed by atoms with van der Waals surface area (Å²) >= 11 is 0. The molecule has 2 rings (SSSR count). The van der Waals surface area contributed by atoms with Crippen LogP contribution in [0.1, 0.15) is 51.1 Å². The van der Waals surface area contributed by atoms with Gasteiger partial charge in [-0.2, -0.15) is 0 Å². The monoisotopic (exact) mass is 340 g/mol. The van der Waals surface area contributed by atoms with Gasteiger partial charge in [-0.05, 0) is 63.3 Å². The third kappa shape index (κ3) is 5.79. The van der Waals surface area contributed by atoms with Crippen LogP contribution in [0, 0.1) is 5.92 Å². The van der Waals surface area contributed by atoms with Crippen LogP contribution in [0.3, 0.4) is 0 Å².